The molecule has 0 spiro atoms. The van der Waals surface area contributed by atoms with E-state index in [0.717, 1.165) is 29.8 Å². The van der Waals surface area contributed by atoms with Crippen LogP contribution in [-0.2, 0) is 6.54 Å². The number of rotatable bonds is 5. The largest absolute Gasteiger partial charge is 0.481 e. The molecule has 2 heterocycles. The molecular weight excluding hydrogens is 292 g/mol. The zero-order chi connectivity index (χ0) is 16.6. The number of aryl methyl sites for hydroxylation is 3. The van der Waals surface area contributed by atoms with E-state index in [-0.39, 0.29) is 18.2 Å². The van der Waals surface area contributed by atoms with Crippen molar-refractivity contribution < 1.29 is 9.84 Å². The van der Waals surface area contributed by atoms with E-state index in [0.29, 0.717) is 5.88 Å². The first-order valence-electron chi connectivity index (χ1n) is 7.93. The lowest BCUT2D eigenvalue weighted by Crippen LogP contribution is -2.54. The second-order valence-electron chi connectivity index (χ2n) is 6.32. The smallest absolute Gasteiger partial charge is 0.213 e. The maximum atomic E-state index is 10.1. The van der Waals surface area contributed by atoms with E-state index in [2.05, 4.69) is 22.3 Å². The summed E-state index contributed by atoms with van der Waals surface area (Å²) in [5.74, 6) is 0.646. The van der Waals surface area contributed by atoms with Crippen LogP contribution in [0.1, 0.15) is 34.8 Å². The van der Waals surface area contributed by atoms with Crippen molar-refractivity contribution in [2.24, 2.45) is 0 Å². The Labute approximate surface area is 136 Å². The quantitative estimate of drug-likeness (QED) is 0.878. The van der Waals surface area contributed by atoms with Crippen molar-refractivity contribution in [2.45, 2.75) is 51.9 Å². The number of methoxy groups -OCH3 is 1. The Morgan fingerprint density at radius 1 is 1.39 bits per heavy atom. The highest BCUT2D eigenvalue weighted by Gasteiger charge is 2.41. The third-order valence-corrected chi connectivity index (χ3v) is 4.62. The second kappa shape index (κ2) is 6.29. The van der Waals surface area contributed by atoms with E-state index in [1.165, 1.54) is 5.56 Å². The van der Waals surface area contributed by atoms with Crippen molar-refractivity contribution in [1.29, 1.82) is 0 Å². The summed E-state index contributed by atoms with van der Waals surface area (Å²) in [5.41, 5.74) is 4.42. The number of aromatic nitrogens is 3. The van der Waals surface area contributed by atoms with Gasteiger partial charge in [-0.15, -0.1) is 0 Å². The molecule has 6 heteroatoms. The maximum Gasteiger partial charge on any atom is 0.213 e. The van der Waals surface area contributed by atoms with Crippen LogP contribution < -0.4 is 10.1 Å². The molecule has 0 unspecified atom stereocenters. The summed E-state index contributed by atoms with van der Waals surface area (Å²) in [7, 11) is 1.63. The molecule has 23 heavy (non-hydrogen) atoms. The number of nitrogens with zero attached hydrogens (tertiary/aromatic N) is 3. The molecule has 0 aromatic carbocycles. The minimum Gasteiger partial charge on any atom is -0.481 e. The van der Waals surface area contributed by atoms with Gasteiger partial charge in [-0.1, -0.05) is 0 Å². The number of hydrogen-bond acceptors (Lipinski definition) is 5. The molecule has 1 aliphatic carbocycles. The van der Waals surface area contributed by atoms with Gasteiger partial charge in [0.15, 0.2) is 0 Å². The number of aliphatic hydroxyl groups is 1. The van der Waals surface area contributed by atoms with Crippen molar-refractivity contribution in [2.75, 3.05) is 7.11 Å². The molecule has 1 saturated carbocycles. The van der Waals surface area contributed by atoms with Gasteiger partial charge in [0.2, 0.25) is 5.88 Å². The Morgan fingerprint density at radius 2 is 2.17 bits per heavy atom. The molecule has 0 saturated heterocycles. The molecule has 6 nitrogen and oxygen atoms in total. The van der Waals surface area contributed by atoms with E-state index >= 15 is 0 Å². The van der Waals surface area contributed by atoms with Crippen LogP contribution in [-0.4, -0.2) is 39.1 Å². The third-order valence-electron chi connectivity index (χ3n) is 4.62. The molecular formula is C17H24N4O2. The fourth-order valence-electron chi connectivity index (χ4n) is 3.20. The zero-order valence-corrected chi connectivity index (χ0v) is 14.1. The summed E-state index contributed by atoms with van der Waals surface area (Å²) >= 11 is 0. The summed E-state index contributed by atoms with van der Waals surface area (Å²) in [5, 5.41) is 18.0. The molecule has 1 aliphatic rings. The Bertz CT molecular complexity index is 675. The fraction of sp³-hybridized carbons (Fsp3) is 0.529. The highest BCUT2D eigenvalue weighted by Crippen LogP contribution is 2.33. The predicted molar refractivity (Wildman–Crippen MR) is 87.5 cm³/mol. The molecule has 0 aliphatic heterocycles. The number of aliphatic hydroxyl groups excluding tert-OH is 1. The minimum atomic E-state index is -0.344. The number of nitrogens with one attached hydrogen (secondary N) is 1. The van der Waals surface area contributed by atoms with Gasteiger partial charge in [-0.2, -0.15) is 5.10 Å². The lowest BCUT2D eigenvalue weighted by Gasteiger charge is -2.42. The number of pyridine rings is 1. The van der Waals surface area contributed by atoms with Crippen molar-refractivity contribution in [3.05, 3.63) is 40.8 Å². The molecule has 0 amide bonds. The van der Waals surface area contributed by atoms with Crippen molar-refractivity contribution >= 4 is 0 Å². The van der Waals surface area contributed by atoms with Crippen LogP contribution in [0.15, 0.2) is 18.5 Å². The molecule has 124 valence electrons. The van der Waals surface area contributed by atoms with E-state index in [1.807, 2.05) is 37.0 Å². The van der Waals surface area contributed by atoms with Gasteiger partial charge in [0.05, 0.1) is 25.5 Å². The normalized spacial score (nSPS) is 23.6. The Hall–Kier alpha value is -1.92. The van der Waals surface area contributed by atoms with Gasteiger partial charge in [0, 0.05) is 30.5 Å². The number of ether oxygens (including phenoxy) is 1. The van der Waals surface area contributed by atoms with E-state index in [9.17, 15) is 5.11 Å². The van der Waals surface area contributed by atoms with Crippen LogP contribution in [0, 0.1) is 20.8 Å². The number of hydrogen-bond donors (Lipinski definition) is 2. The SMILES string of the molecule is COc1cc(C)c(CN[C@H]2C[C@@H](O)[C@@H]2n2cc(C)cn2)c(C)n1. The monoisotopic (exact) mass is 316 g/mol. The van der Waals surface area contributed by atoms with Crippen LogP contribution in [0.25, 0.3) is 0 Å². The Morgan fingerprint density at radius 3 is 2.74 bits per heavy atom. The van der Waals surface area contributed by atoms with Crippen LogP contribution >= 0.6 is 0 Å². The van der Waals surface area contributed by atoms with Gasteiger partial charge in [0.25, 0.3) is 0 Å². The van der Waals surface area contributed by atoms with Gasteiger partial charge >= 0.3 is 0 Å². The molecule has 3 atom stereocenters. The molecule has 0 bridgehead atoms. The first-order valence-corrected chi connectivity index (χ1v) is 7.93. The van der Waals surface area contributed by atoms with E-state index < -0.39 is 0 Å². The minimum absolute atomic E-state index is 0.00415. The van der Waals surface area contributed by atoms with Crippen LogP contribution in [0.5, 0.6) is 5.88 Å². The summed E-state index contributed by atoms with van der Waals surface area (Å²) < 4.78 is 7.07. The van der Waals surface area contributed by atoms with E-state index in [1.54, 1.807) is 7.11 Å². The average molecular weight is 316 g/mol. The van der Waals surface area contributed by atoms with Crippen LogP contribution in [0.4, 0.5) is 0 Å². The van der Waals surface area contributed by atoms with Crippen LogP contribution in [0.2, 0.25) is 0 Å². The fourth-order valence-corrected chi connectivity index (χ4v) is 3.20. The Kier molecular flexibility index (Phi) is 4.37. The predicted octanol–water partition coefficient (Wildman–Crippen LogP) is 1.68. The molecule has 2 N–H and O–H groups in total. The molecule has 1 fully saturated rings. The topological polar surface area (TPSA) is 72.2 Å². The van der Waals surface area contributed by atoms with Crippen molar-refractivity contribution in [3.8, 4) is 5.88 Å². The van der Waals surface area contributed by atoms with Crippen molar-refractivity contribution in [1.82, 2.24) is 20.1 Å². The van der Waals surface area contributed by atoms with E-state index in [4.69, 9.17) is 4.74 Å². The van der Waals surface area contributed by atoms with Gasteiger partial charge in [0.1, 0.15) is 0 Å². The summed E-state index contributed by atoms with van der Waals surface area (Å²) in [6.45, 7) is 6.80. The Balaban J connectivity index is 1.69. The molecule has 2 aromatic heterocycles. The molecule has 0 radical (unpaired) electrons. The van der Waals surface area contributed by atoms with Gasteiger partial charge in [-0.05, 0) is 43.9 Å². The summed E-state index contributed by atoms with van der Waals surface area (Å²) in [6.07, 6.45) is 4.20. The van der Waals surface area contributed by atoms with Crippen molar-refractivity contribution in [3.63, 3.8) is 0 Å². The highest BCUT2D eigenvalue weighted by molar-refractivity contribution is 5.33. The van der Waals surface area contributed by atoms with Gasteiger partial charge < -0.3 is 15.2 Å². The van der Waals surface area contributed by atoms with Gasteiger partial charge in [-0.3, -0.25) is 4.68 Å². The first kappa shape index (κ1) is 16.0. The third kappa shape index (κ3) is 3.09. The maximum absolute atomic E-state index is 10.1. The summed E-state index contributed by atoms with van der Waals surface area (Å²) in [4.78, 5) is 4.44. The lowest BCUT2D eigenvalue weighted by molar-refractivity contribution is -0.00827. The molecule has 2 aromatic rings. The average Bonchev–Trinajstić information content (AvgIpc) is 2.90. The zero-order valence-electron chi connectivity index (χ0n) is 14.1. The lowest BCUT2D eigenvalue weighted by atomic mass is 9.83. The second-order valence-corrected chi connectivity index (χ2v) is 6.32. The molecule has 3 rings (SSSR count). The first-order chi connectivity index (χ1) is 11.0. The van der Waals surface area contributed by atoms with Gasteiger partial charge in [-0.25, -0.2) is 4.98 Å². The standard InChI is InChI=1S/C17H24N4O2/c1-10-7-19-21(9-10)17-14(6-15(17)22)18-8-13-11(2)5-16(23-4)20-12(13)3/h5,7,9,14-15,17-18,22H,6,8H2,1-4H3/t14-,15+,17+/m0/s1. The van der Waals surface area contributed by atoms with Crippen LogP contribution in [0.3, 0.4) is 0 Å². The summed E-state index contributed by atoms with van der Waals surface area (Å²) in [6, 6.07) is 2.16. The highest BCUT2D eigenvalue weighted by atomic mass is 16.5.